The minimum absolute atomic E-state index is 0.0623. The van der Waals surface area contributed by atoms with Gasteiger partial charge in [0.05, 0.1) is 0 Å². The summed E-state index contributed by atoms with van der Waals surface area (Å²) in [5, 5.41) is 11.8. The van der Waals surface area contributed by atoms with Gasteiger partial charge in [-0.1, -0.05) is 11.6 Å². The molecule has 0 amide bonds. The smallest absolute Gasteiger partial charge is 0.342 e. The Morgan fingerprint density at radius 1 is 1.17 bits per heavy atom. The molecule has 0 radical (unpaired) electrons. The van der Waals surface area contributed by atoms with Crippen LogP contribution in [0.4, 0.5) is 11.5 Å². The van der Waals surface area contributed by atoms with E-state index >= 15 is 0 Å². The highest BCUT2D eigenvalue weighted by Crippen LogP contribution is 2.20. The first-order valence-corrected chi connectivity index (χ1v) is 8.32. The number of aromatic nitrogens is 2. The molecule has 1 saturated heterocycles. The van der Waals surface area contributed by atoms with Gasteiger partial charge >= 0.3 is 5.82 Å². The maximum absolute atomic E-state index is 11.0. The highest BCUT2D eigenvalue weighted by molar-refractivity contribution is 6.30. The van der Waals surface area contributed by atoms with Gasteiger partial charge in [-0.3, -0.25) is 4.90 Å². The maximum atomic E-state index is 11.0. The summed E-state index contributed by atoms with van der Waals surface area (Å²) in [7, 11) is 0. The van der Waals surface area contributed by atoms with Crippen LogP contribution >= 0.6 is 11.6 Å². The summed E-state index contributed by atoms with van der Waals surface area (Å²) >= 11 is 5.93. The fourth-order valence-corrected chi connectivity index (χ4v) is 3.13. The lowest BCUT2D eigenvalue weighted by atomic mass is 10.2. The number of anilines is 1. The third-order valence-electron chi connectivity index (χ3n) is 4.42. The molecule has 7 nitrogen and oxygen atoms in total. The predicted molar refractivity (Wildman–Crippen MR) is 93.7 cm³/mol. The molecule has 0 N–H and O–H groups in total. The number of nitrogens with zero attached hydrogens (tertiary/aromatic N) is 5. The molecule has 0 spiro atoms. The van der Waals surface area contributed by atoms with Crippen molar-refractivity contribution in [1.29, 1.82) is 0 Å². The van der Waals surface area contributed by atoms with Crippen LogP contribution in [0.5, 0.6) is 0 Å². The van der Waals surface area contributed by atoms with Crippen molar-refractivity contribution in [2.24, 2.45) is 0 Å². The molecule has 0 unspecified atom stereocenters. The van der Waals surface area contributed by atoms with Gasteiger partial charge in [0.2, 0.25) is 0 Å². The molecule has 2 heterocycles. The van der Waals surface area contributed by atoms with Crippen LogP contribution < -0.4 is 4.90 Å². The highest BCUT2D eigenvalue weighted by Gasteiger charge is 2.21. The summed E-state index contributed by atoms with van der Waals surface area (Å²) in [5.41, 5.74) is 1.18. The van der Waals surface area contributed by atoms with Gasteiger partial charge in [0.25, 0.3) is 0 Å². The van der Waals surface area contributed by atoms with E-state index in [4.69, 9.17) is 11.6 Å². The normalized spacial score (nSPS) is 15.7. The van der Waals surface area contributed by atoms with Crippen LogP contribution in [0.15, 0.2) is 30.5 Å². The van der Waals surface area contributed by atoms with Crippen LogP contribution in [0.3, 0.4) is 0 Å². The summed E-state index contributed by atoms with van der Waals surface area (Å²) in [4.78, 5) is 19.4. The van der Waals surface area contributed by atoms with Crippen molar-refractivity contribution < 1.29 is 4.92 Å². The number of benzene rings is 1. The fraction of sp³-hybridized carbons (Fsp3) is 0.438. The van der Waals surface area contributed by atoms with Crippen LogP contribution in [0, 0.1) is 17.0 Å². The molecule has 24 heavy (non-hydrogen) atoms. The SMILES string of the molecule is Cc1ncc([N+](=O)[O-])n1CCN1CCN(c2ccc(Cl)cc2)CC1. The van der Waals surface area contributed by atoms with Crippen LogP contribution in [-0.4, -0.2) is 52.1 Å². The summed E-state index contributed by atoms with van der Waals surface area (Å²) in [5.74, 6) is 0.744. The number of rotatable bonds is 5. The number of halogens is 1. The van der Waals surface area contributed by atoms with Gasteiger partial charge in [0.15, 0.2) is 5.82 Å². The molecule has 1 aromatic carbocycles. The molecule has 0 aliphatic carbocycles. The van der Waals surface area contributed by atoms with E-state index in [1.807, 2.05) is 24.3 Å². The van der Waals surface area contributed by atoms with Crippen molar-refractivity contribution in [2.75, 3.05) is 37.6 Å². The molecule has 0 bridgehead atoms. The minimum atomic E-state index is -0.377. The zero-order valence-corrected chi connectivity index (χ0v) is 14.3. The Kier molecular flexibility index (Phi) is 5.01. The first-order chi connectivity index (χ1) is 11.5. The van der Waals surface area contributed by atoms with E-state index in [0.717, 1.165) is 37.7 Å². The topological polar surface area (TPSA) is 67.4 Å². The number of hydrogen-bond donors (Lipinski definition) is 0. The van der Waals surface area contributed by atoms with Crippen LogP contribution in [0.2, 0.25) is 5.02 Å². The Labute approximate surface area is 145 Å². The molecule has 1 fully saturated rings. The number of piperazine rings is 1. The molecule has 1 aliphatic heterocycles. The summed E-state index contributed by atoms with van der Waals surface area (Å²) < 4.78 is 1.67. The van der Waals surface area contributed by atoms with Crippen molar-refractivity contribution in [3.8, 4) is 0 Å². The molecule has 3 rings (SSSR count). The van der Waals surface area contributed by atoms with E-state index in [0.29, 0.717) is 12.4 Å². The maximum Gasteiger partial charge on any atom is 0.342 e. The Morgan fingerprint density at radius 2 is 1.83 bits per heavy atom. The van der Waals surface area contributed by atoms with Crippen molar-refractivity contribution >= 4 is 23.1 Å². The summed E-state index contributed by atoms with van der Waals surface area (Å²) in [6.45, 7) is 6.91. The third-order valence-corrected chi connectivity index (χ3v) is 4.68. The average Bonchev–Trinajstić information content (AvgIpc) is 2.95. The monoisotopic (exact) mass is 349 g/mol. The zero-order valence-electron chi connectivity index (χ0n) is 13.6. The lowest BCUT2D eigenvalue weighted by molar-refractivity contribution is -0.392. The molecule has 1 aromatic heterocycles. The van der Waals surface area contributed by atoms with Gasteiger partial charge in [-0.2, -0.15) is 0 Å². The second-order valence-electron chi connectivity index (χ2n) is 5.88. The van der Waals surface area contributed by atoms with E-state index in [1.165, 1.54) is 11.9 Å². The predicted octanol–water partition coefficient (Wildman–Crippen LogP) is 2.58. The van der Waals surface area contributed by atoms with E-state index in [9.17, 15) is 10.1 Å². The largest absolute Gasteiger partial charge is 0.369 e. The van der Waals surface area contributed by atoms with Crippen molar-refractivity contribution in [2.45, 2.75) is 13.5 Å². The Hall–Kier alpha value is -2.12. The molecule has 1 aliphatic rings. The standard InChI is InChI=1S/C16H20ClN5O2/c1-13-18-12-16(22(23)24)21(13)11-8-19-6-9-20(10-7-19)15-4-2-14(17)3-5-15/h2-5,12H,6-11H2,1H3. The Balaban J connectivity index is 1.54. The third kappa shape index (κ3) is 3.68. The lowest BCUT2D eigenvalue weighted by Crippen LogP contribution is -2.47. The number of imidazole rings is 1. The second kappa shape index (κ2) is 7.19. The summed E-state index contributed by atoms with van der Waals surface area (Å²) in [6.07, 6.45) is 1.33. The van der Waals surface area contributed by atoms with Gasteiger partial charge < -0.3 is 15.0 Å². The Bertz CT molecular complexity index is 708. The van der Waals surface area contributed by atoms with Gasteiger partial charge in [0.1, 0.15) is 12.7 Å². The number of nitro groups is 1. The van der Waals surface area contributed by atoms with E-state index in [1.54, 1.807) is 11.5 Å². The van der Waals surface area contributed by atoms with E-state index in [-0.39, 0.29) is 10.7 Å². The average molecular weight is 350 g/mol. The highest BCUT2D eigenvalue weighted by atomic mass is 35.5. The molecule has 0 atom stereocenters. The number of aryl methyl sites for hydroxylation is 1. The number of hydrogen-bond acceptors (Lipinski definition) is 5. The van der Waals surface area contributed by atoms with Crippen molar-refractivity contribution in [3.05, 3.63) is 51.4 Å². The molecular formula is C16H20ClN5O2. The van der Waals surface area contributed by atoms with Crippen LogP contribution in [-0.2, 0) is 6.54 Å². The van der Waals surface area contributed by atoms with Crippen molar-refractivity contribution in [1.82, 2.24) is 14.5 Å². The van der Waals surface area contributed by atoms with Gasteiger partial charge in [-0.15, -0.1) is 0 Å². The molecule has 128 valence electrons. The molecule has 0 saturated carbocycles. The fourth-order valence-electron chi connectivity index (χ4n) is 3.00. The Morgan fingerprint density at radius 3 is 2.46 bits per heavy atom. The minimum Gasteiger partial charge on any atom is -0.369 e. The van der Waals surface area contributed by atoms with Gasteiger partial charge in [0, 0.05) is 50.4 Å². The van der Waals surface area contributed by atoms with E-state index < -0.39 is 0 Å². The quantitative estimate of drug-likeness (QED) is 0.613. The van der Waals surface area contributed by atoms with Crippen molar-refractivity contribution in [3.63, 3.8) is 0 Å². The first kappa shape index (κ1) is 16.7. The lowest BCUT2D eigenvalue weighted by Gasteiger charge is -2.35. The van der Waals surface area contributed by atoms with Gasteiger partial charge in [-0.05, 0) is 29.2 Å². The zero-order chi connectivity index (χ0) is 17.1. The van der Waals surface area contributed by atoms with Crippen LogP contribution in [0.1, 0.15) is 5.82 Å². The van der Waals surface area contributed by atoms with Crippen LogP contribution in [0.25, 0.3) is 0 Å². The summed E-state index contributed by atoms with van der Waals surface area (Å²) in [6, 6.07) is 7.89. The van der Waals surface area contributed by atoms with Gasteiger partial charge in [-0.25, -0.2) is 9.55 Å². The molecular weight excluding hydrogens is 330 g/mol. The van der Waals surface area contributed by atoms with E-state index in [2.05, 4.69) is 14.8 Å². The second-order valence-corrected chi connectivity index (χ2v) is 6.31. The molecule has 8 heteroatoms. The first-order valence-electron chi connectivity index (χ1n) is 7.94. The molecule has 2 aromatic rings.